The number of benzene rings is 2. The first-order chi connectivity index (χ1) is 10.2. The van der Waals surface area contributed by atoms with E-state index in [1.165, 1.54) is 18.2 Å². The zero-order chi connectivity index (χ0) is 14.8. The van der Waals surface area contributed by atoms with Crippen LogP contribution in [0.2, 0.25) is 0 Å². The molecule has 108 valence electrons. The molecular weight excluding hydrogens is 276 g/mol. The lowest BCUT2D eigenvalue weighted by molar-refractivity contribution is 0.290. The maximum Gasteiger partial charge on any atom is 0.132 e. The Morgan fingerprint density at radius 2 is 1.76 bits per heavy atom. The van der Waals surface area contributed by atoms with Crippen molar-refractivity contribution in [3.8, 4) is 5.75 Å². The molecule has 0 atom stereocenters. The standard InChI is InChI=1S/C16H13F2NO2/c17-13-4-2-5-14(18)12(13)9-21-16-6-1-3-10-11(16)7-8-15(10)19-20/h1-6,20H,7-9H2/b19-15-. The molecule has 3 rings (SSSR count). The normalized spacial score (nSPS) is 15.2. The average molecular weight is 289 g/mol. The minimum atomic E-state index is -0.625. The van der Waals surface area contributed by atoms with Crippen molar-refractivity contribution in [2.45, 2.75) is 19.4 Å². The third kappa shape index (κ3) is 2.46. The van der Waals surface area contributed by atoms with E-state index in [9.17, 15) is 8.78 Å². The molecule has 0 spiro atoms. The fourth-order valence-corrected chi connectivity index (χ4v) is 2.53. The lowest BCUT2D eigenvalue weighted by Gasteiger charge is -2.11. The summed E-state index contributed by atoms with van der Waals surface area (Å²) in [5.74, 6) is -0.686. The van der Waals surface area contributed by atoms with Gasteiger partial charge in [0.1, 0.15) is 24.0 Å². The first-order valence-electron chi connectivity index (χ1n) is 6.59. The molecule has 0 aromatic heterocycles. The van der Waals surface area contributed by atoms with Crippen molar-refractivity contribution in [3.05, 3.63) is 64.7 Å². The fraction of sp³-hybridized carbons (Fsp3) is 0.188. The largest absolute Gasteiger partial charge is 0.488 e. The highest BCUT2D eigenvalue weighted by Crippen LogP contribution is 2.31. The van der Waals surface area contributed by atoms with Crippen molar-refractivity contribution in [1.82, 2.24) is 0 Å². The average Bonchev–Trinajstić information content (AvgIpc) is 2.90. The van der Waals surface area contributed by atoms with Crippen LogP contribution in [-0.2, 0) is 13.0 Å². The second-order valence-electron chi connectivity index (χ2n) is 4.82. The van der Waals surface area contributed by atoms with Crippen LogP contribution in [0, 0.1) is 11.6 Å². The zero-order valence-corrected chi connectivity index (χ0v) is 11.1. The van der Waals surface area contributed by atoms with Gasteiger partial charge in [-0.1, -0.05) is 23.4 Å². The van der Waals surface area contributed by atoms with Gasteiger partial charge in [-0.05, 0) is 31.0 Å². The second kappa shape index (κ2) is 5.52. The van der Waals surface area contributed by atoms with Gasteiger partial charge in [0.25, 0.3) is 0 Å². The van der Waals surface area contributed by atoms with Crippen molar-refractivity contribution in [2.24, 2.45) is 5.16 Å². The summed E-state index contributed by atoms with van der Waals surface area (Å²) in [6.07, 6.45) is 1.31. The summed E-state index contributed by atoms with van der Waals surface area (Å²) in [6, 6.07) is 9.08. The minimum absolute atomic E-state index is 0.0934. The van der Waals surface area contributed by atoms with Gasteiger partial charge >= 0.3 is 0 Å². The highest BCUT2D eigenvalue weighted by atomic mass is 19.1. The Bertz CT molecular complexity index is 693. The number of nitrogens with zero attached hydrogens (tertiary/aromatic N) is 1. The van der Waals surface area contributed by atoms with E-state index < -0.39 is 11.6 Å². The molecule has 0 amide bonds. The maximum atomic E-state index is 13.6. The molecule has 0 heterocycles. The quantitative estimate of drug-likeness (QED) is 0.692. The van der Waals surface area contributed by atoms with Gasteiger partial charge in [0, 0.05) is 11.1 Å². The summed E-state index contributed by atoms with van der Waals surface area (Å²) in [5, 5.41) is 12.2. The number of rotatable bonds is 3. The molecule has 2 aromatic carbocycles. The molecule has 1 aliphatic carbocycles. The Labute approximate surface area is 120 Å². The van der Waals surface area contributed by atoms with Crippen LogP contribution < -0.4 is 4.74 Å². The van der Waals surface area contributed by atoms with E-state index in [0.29, 0.717) is 24.3 Å². The van der Waals surface area contributed by atoms with Gasteiger partial charge in [0.05, 0.1) is 11.3 Å². The number of fused-ring (bicyclic) bond motifs is 1. The van der Waals surface area contributed by atoms with Crippen LogP contribution in [0.4, 0.5) is 8.78 Å². The number of hydrogen-bond acceptors (Lipinski definition) is 3. The zero-order valence-electron chi connectivity index (χ0n) is 11.1. The van der Waals surface area contributed by atoms with Crippen LogP contribution in [0.25, 0.3) is 0 Å². The molecule has 0 radical (unpaired) electrons. The topological polar surface area (TPSA) is 41.8 Å². The number of ether oxygens (including phenoxy) is 1. The van der Waals surface area contributed by atoms with Crippen LogP contribution in [-0.4, -0.2) is 10.9 Å². The smallest absolute Gasteiger partial charge is 0.132 e. The van der Waals surface area contributed by atoms with Gasteiger partial charge in [-0.25, -0.2) is 8.78 Å². The summed E-state index contributed by atoms with van der Waals surface area (Å²) in [7, 11) is 0. The summed E-state index contributed by atoms with van der Waals surface area (Å²) in [5.41, 5.74) is 2.24. The molecule has 2 aromatic rings. The van der Waals surface area contributed by atoms with Gasteiger partial charge in [-0.2, -0.15) is 0 Å². The van der Waals surface area contributed by atoms with Gasteiger partial charge < -0.3 is 9.94 Å². The van der Waals surface area contributed by atoms with Gasteiger partial charge in [-0.15, -0.1) is 0 Å². The predicted octanol–water partition coefficient (Wildman–Crippen LogP) is 3.67. The van der Waals surface area contributed by atoms with Crippen LogP contribution in [0.3, 0.4) is 0 Å². The molecule has 21 heavy (non-hydrogen) atoms. The molecule has 0 saturated carbocycles. The molecule has 0 bridgehead atoms. The molecule has 0 aliphatic heterocycles. The van der Waals surface area contributed by atoms with E-state index in [2.05, 4.69) is 5.16 Å². The Kier molecular flexibility index (Phi) is 3.56. The number of hydrogen-bond donors (Lipinski definition) is 1. The molecule has 0 saturated heterocycles. The van der Waals surface area contributed by atoms with Crippen LogP contribution in [0.1, 0.15) is 23.1 Å². The molecule has 3 nitrogen and oxygen atoms in total. The van der Waals surface area contributed by atoms with Crippen LogP contribution >= 0.6 is 0 Å². The minimum Gasteiger partial charge on any atom is -0.488 e. The first-order valence-corrected chi connectivity index (χ1v) is 6.59. The number of oxime groups is 1. The van der Waals surface area contributed by atoms with Crippen LogP contribution in [0.15, 0.2) is 41.6 Å². The Balaban J connectivity index is 1.86. The monoisotopic (exact) mass is 289 g/mol. The molecular formula is C16H13F2NO2. The first kappa shape index (κ1) is 13.5. The Hall–Kier alpha value is -2.43. The summed E-state index contributed by atoms with van der Waals surface area (Å²) in [4.78, 5) is 0. The second-order valence-corrected chi connectivity index (χ2v) is 4.82. The van der Waals surface area contributed by atoms with E-state index in [1.54, 1.807) is 12.1 Å². The lowest BCUT2D eigenvalue weighted by atomic mass is 10.1. The molecule has 5 heteroatoms. The summed E-state index contributed by atoms with van der Waals surface area (Å²) < 4.78 is 32.7. The van der Waals surface area contributed by atoms with Gasteiger partial charge in [0.15, 0.2) is 0 Å². The summed E-state index contributed by atoms with van der Waals surface area (Å²) >= 11 is 0. The van der Waals surface area contributed by atoms with E-state index in [0.717, 1.165) is 11.1 Å². The SMILES string of the molecule is O/N=C1/CCc2c(OCc3c(F)cccc3F)cccc21. The Morgan fingerprint density at radius 1 is 1.05 bits per heavy atom. The summed E-state index contributed by atoms with van der Waals surface area (Å²) in [6.45, 7) is -0.180. The third-order valence-electron chi connectivity index (χ3n) is 3.61. The predicted molar refractivity (Wildman–Crippen MR) is 73.8 cm³/mol. The van der Waals surface area contributed by atoms with Gasteiger partial charge in [-0.3, -0.25) is 0 Å². The molecule has 1 N–H and O–H groups in total. The van der Waals surface area contributed by atoms with Crippen molar-refractivity contribution in [3.63, 3.8) is 0 Å². The van der Waals surface area contributed by atoms with Gasteiger partial charge in [0.2, 0.25) is 0 Å². The van der Waals surface area contributed by atoms with Crippen molar-refractivity contribution in [1.29, 1.82) is 0 Å². The molecule has 1 aliphatic rings. The fourth-order valence-electron chi connectivity index (χ4n) is 2.53. The van der Waals surface area contributed by atoms with E-state index in [-0.39, 0.29) is 12.2 Å². The number of halogens is 2. The maximum absolute atomic E-state index is 13.6. The highest BCUT2D eigenvalue weighted by molar-refractivity contribution is 6.04. The molecule has 0 fully saturated rings. The third-order valence-corrected chi connectivity index (χ3v) is 3.61. The van der Waals surface area contributed by atoms with Crippen molar-refractivity contribution >= 4 is 5.71 Å². The Morgan fingerprint density at radius 3 is 2.48 bits per heavy atom. The van der Waals surface area contributed by atoms with Crippen molar-refractivity contribution in [2.75, 3.05) is 0 Å². The van der Waals surface area contributed by atoms with Crippen LogP contribution in [0.5, 0.6) is 5.75 Å². The van der Waals surface area contributed by atoms with E-state index in [4.69, 9.17) is 9.94 Å². The van der Waals surface area contributed by atoms with E-state index in [1.807, 2.05) is 6.07 Å². The van der Waals surface area contributed by atoms with E-state index >= 15 is 0 Å². The highest BCUT2D eigenvalue weighted by Gasteiger charge is 2.22. The van der Waals surface area contributed by atoms with Crippen molar-refractivity contribution < 1.29 is 18.7 Å². The molecule has 0 unspecified atom stereocenters. The lowest BCUT2D eigenvalue weighted by Crippen LogP contribution is -2.03.